The number of para-hydroxylation sites is 1. The number of aromatic nitrogens is 1. The highest BCUT2D eigenvalue weighted by Crippen LogP contribution is 2.18. The van der Waals surface area contributed by atoms with Crippen molar-refractivity contribution in [1.29, 1.82) is 0 Å². The lowest BCUT2D eigenvalue weighted by atomic mass is 10.1. The molecule has 32 heavy (non-hydrogen) atoms. The van der Waals surface area contributed by atoms with Gasteiger partial charge >= 0.3 is 0 Å². The molecule has 0 fully saturated rings. The fraction of sp³-hybridized carbons (Fsp3) is 0.458. The van der Waals surface area contributed by atoms with E-state index in [9.17, 15) is 14.4 Å². The number of carbonyl (C=O) groups is 2. The van der Waals surface area contributed by atoms with Gasteiger partial charge in [-0.1, -0.05) is 32.0 Å². The van der Waals surface area contributed by atoms with Gasteiger partial charge in [0, 0.05) is 37.7 Å². The number of rotatable bonds is 11. The zero-order valence-electron chi connectivity index (χ0n) is 19.4. The Morgan fingerprint density at radius 2 is 1.69 bits per heavy atom. The number of hydrogen-bond acceptors (Lipinski definition) is 5. The average Bonchev–Trinajstić information content (AvgIpc) is 2.74. The molecule has 0 unspecified atom stereocenters. The van der Waals surface area contributed by atoms with Gasteiger partial charge in [0.15, 0.2) is 0 Å². The van der Waals surface area contributed by atoms with Crippen molar-refractivity contribution in [2.45, 2.75) is 39.8 Å². The molecule has 1 aromatic heterocycles. The Hall–Kier alpha value is -3.13. The predicted octanol–water partition coefficient (Wildman–Crippen LogP) is 2.45. The molecule has 0 aliphatic heterocycles. The van der Waals surface area contributed by atoms with E-state index >= 15 is 0 Å². The molecule has 2 rings (SSSR count). The summed E-state index contributed by atoms with van der Waals surface area (Å²) in [6.07, 6.45) is 3.74. The van der Waals surface area contributed by atoms with E-state index in [0.717, 1.165) is 12.0 Å². The van der Waals surface area contributed by atoms with E-state index in [0.29, 0.717) is 31.4 Å². The van der Waals surface area contributed by atoms with Crippen molar-refractivity contribution in [3.63, 3.8) is 0 Å². The van der Waals surface area contributed by atoms with Crippen molar-refractivity contribution in [3.8, 4) is 5.75 Å². The Kier molecular flexibility index (Phi) is 9.46. The highest BCUT2D eigenvalue weighted by atomic mass is 16.5. The summed E-state index contributed by atoms with van der Waals surface area (Å²) in [5.74, 6) is 0.0416. The van der Waals surface area contributed by atoms with Gasteiger partial charge in [-0.25, -0.2) is 0 Å². The molecule has 2 aromatic rings. The third-order valence-electron chi connectivity index (χ3n) is 4.92. The zero-order chi connectivity index (χ0) is 23.7. The SMILES string of the molecule is COC[C@@H](C)NC(=O)c1cn(Cc2ccccc2OC)cc(C(=O)NCCC(C)C)c1=O. The van der Waals surface area contributed by atoms with E-state index < -0.39 is 17.2 Å². The normalized spacial score (nSPS) is 11.8. The van der Waals surface area contributed by atoms with Crippen LogP contribution >= 0.6 is 0 Å². The fourth-order valence-electron chi connectivity index (χ4n) is 3.24. The Morgan fingerprint density at radius 1 is 1.03 bits per heavy atom. The molecule has 8 nitrogen and oxygen atoms in total. The zero-order valence-corrected chi connectivity index (χ0v) is 19.4. The summed E-state index contributed by atoms with van der Waals surface area (Å²) < 4.78 is 12.1. The van der Waals surface area contributed by atoms with E-state index in [2.05, 4.69) is 24.5 Å². The fourth-order valence-corrected chi connectivity index (χ4v) is 3.24. The van der Waals surface area contributed by atoms with Crippen molar-refractivity contribution in [1.82, 2.24) is 15.2 Å². The second-order valence-electron chi connectivity index (χ2n) is 8.17. The maximum Gasteiger partial charge on any atom is 0.257 e. The van der Waals surface area contributed by atoms with Gasteiger partial charge in [0.2, 0.25) is 5.43 Å². The van der Waals surface area contributed by atoms with E-state index in [1.54, 1.807) is 18.6 Å². The molecule has 0 saturated carbocycles. The second-order valence-corrected chi connectivity index (χ2v) is 8.17. The average molecular weight is 444 g/mol. The molecule has 2 N–H and O–H groups in total. The molecule has 0 spiro atoms. The standard InChI is InChI=1S/C24H33N3O5/c1-16(2)10-11-25-23(29)19-13-27(12-18-8-6-7-9-21(18)32-5)14-20(22(19)28)24(30)26-17(3)15-31-4/h6-9,13-14,16-17H,10-12,15H2,1-5H3,(H,25,29)(H,26,30)/t17-/m1/s1. The first kappa shape index (κ1) is 25.1. The van der Waals surface area contributed by atoms with E-state index in [1.165, 1.54) is 19.5 Å². The quantitative estimate of drug-likeness (QED) is 0.556. The van der Waals surface area contributed by atoms with Crippen LogP contribution in [0.25, 0.3) is 0 Å². The molecule has 8 heteroatoms. The lowest BCUT2D eigenvalue weighted by Crippen LogP contribution is -2.40. The number of benzene rings is 1. The maximum absolute atomic E-state index is 13.0. The summed E-state index contributed by atoms with van der Waals surface area (Å²) in [6, 6.07) is 7.16. The highest BCUT2D eigenvalue weighted by molar-refractivity contribution is 5.99. The molecule has 2 amide bonds. The van der Waals surface area contributed by atoms with Crippen molar-refractivity contribution in [2.24, 2.45) is 5.92 Å². The van der Waals surface area contributed by atoms with Crippen molar-refractivity contribution < 1.29 is 19.1 Å². The molecular formula is C24H33N3O5. The summed E-state index contributed by atoms with van der Waals surface area (Å²) in [4.78, 5) is 38.6. The Labute approximate surface area is 188 Å². The monoisotopic (exact) mass is 443 g/mol. The summed E-state index contributed by atoms with van der Waals surface area (Å²) in [6.45, 7) is 6.96. The number of amides is 2. The van der Waals surface area contributed by atoms with Crippen LogP contribution in [-0.4, -0.2) is 49.8 Å². The van der Waals surface area contributed by atoms with E-state index in [1.807, 2.05) is 24.3 Å². The first-order valence-electron chi connectivity index (χ1n) is 10.7. The van der Waals surface area contributed by atoms with Crippen LogP contribution in [0, 0.1) is 5.92 Å². The van der Waals surface area contributed by atoms with Gasteiger partial charge in [0.1, 0.15) is 16.9 Å². The molecule has 0 radical (unpaired) electrons. The van der Waals surface area contributed by atoms with Crippen molar-refractivity contribution in [3.05, 3.63) is 63.6 Å². The second kappa shape index (κ2) is 12.0. The van der Waals surface area contributed by atoms with Gasteiger partial charge in [-0.15, -0.1) is 0 Å². The Morgan fingerprint density at radius 3 is 2.31 bits per heavy atom. The minimum atomic E-state index is -0.606. The first-order chi connectivity index (χ1) is 15.3. The molecule has 174 valence electrons. The van der Waals surface area contributed by atoms with Crippen LogP contribution < -0.4 is 20.8 Å². The molecule has 0 aliphatic rings. The van der Waals surface area contributed by atoms with Crippen molar-refractivity contribution in [2.75, 3.05) is 27.4 Å². The summed E-state index contributed by atoms with van der Waals surface area (Å²) >= 11 is 0. The number of carbonyl (C=O) groups excluding carboxylic acids is 2. The van der Waals surface area contributed by atoms with Crippen LogP contribution in [-0.2, 0) is 11.3 Å². The van der Waals surface area contributed by atoms with Gasteiger partial charge in [-0.3, -0.25) is 14.4 Å². The van der Waals surface area contributed by atoms with Crippen LogP contribution in [0.3, 0.4) is 0 Å². The van der Waals surface area contributed by atoms with Gasteiger partial charge < -0.3 is 24.7 Å². The van der Waals surface area contributed by atoms with E-state index in [4.69, 9.17) is 9.47 Å². The van der Waals surface area contributed by atoms with Crippen LogP contribution in [0.4, 0.5) is 0 Å². The lowest BCUT2D eigenvalue weighted by molar-refractivity contribution is 0.0903. The van der Waals surface area contributed by atoms with Crippen LogP contribution in [0.2, 0.25) is 0 Å². The molecule has 1 heterocycles. The largest absolute Gasteiger partial charge is 0.496 e. The van der Waals surface area contributed by atoms with Crippen LogP contribution in [0.5, 0.6) is 5.75 Å². The van der Waals surface area contributed by atoms with Crippen LogP contribution in [0.15, 0.2) is 41.5 Å². The van der Waals surface area contributed by atoms with Gasteiger partial charge in [0.05, 0.1) is 20.3 Å². The lowest BCUT2D eigenvalue weighted by Gasteiger charge is -2.16. The summed E-state index contributed by atoms with van der Waals surface area (Å²) in [7, 11) is 3.11. The first-order valence-corrected chi connectivity index (χ1v) is 10.7. The minimum Gasteiger partial charge on any atom is -0.496 e. The van der Waals surface area contributed by atoms with E-state index in [-0.39, 0.29) is 17.2 Å². The minimum absolute atomic E-state index is 0.0734. The number of ether oxygens (including phenoxy) is 2. The molecule has 0 aliphatic carbocycles. The highest BCUT2D eigenvalue weighted by Gasteiger charge is 2.21. The van der Waals surface area contributed by atoms with Gasteiger partial charge in [-0.05, 0) is 25.3 Å². The van der Waals surface area contributed by atoms with Gasteiger partial charge in [-0.2, -0.15) is 0 Å². The molecular weight excluding hydrogens is 410 g/mol. The number of methoxy groups -OCH3 is 2. The predicted molar refractivity (Wildman–Crippen MR) is 123 cm³/mol. The number of hydrogen-bond donors (Lipinski definition) is 2. The van der Waals surface area contributed by atoms with Crippen molar-refractivity contribution >= 4 is 11.8 Å². The molecule has 1 aromatic carbocycles. The Bertz CT molecular complexity index is 984. The molecule has 1 atom stereocenters. The Balaban J connectivity index is 2.43. The molecule has 0 bridgehead atoms. The van der Waals surface area contributed by atoms with Crippen LogP contribution in [0.1, 0.15) is 53.5 Å². The number of pyridine rings is 1. The number of nitrogens with zero attached hydrogens (tertiary/aromatic N) is 1. The maximum atomic E-state index is 13.0. The number of nitrogens with one attached hydrogen (secondary N) is 2. The summed E-state index contributed by atoms with van der Waals surface area (Å²) in [5.41, 5.74) is 0.0735. The topological polar surface area (TPSA) is 98.7 Å². The smallest absolute Gasteiger partial charge is 0.257 e. The van der Waals surface area contributed by atoms with Gasteiger partial charge in [0.25, 0.3) is 11.8 Å². The molecule has 0 saturated heterocycles. The summed E-state index contributed by atoms with van der Waals surface area (Å²) in [5, 5.41) is 5.53. The third kappa shape index (κ3) is 6.95. The third-order valence-corrected chi connectivity index (χ3v) is 4.92.